The second-order valence-corrected chi connectivity index (χ2v) is 3.76. The molecule has 2 nitrogen and oxygen atoms in total. The summed E-state index contributed by atoms with van der Waals surface area (Å²) in [5.74, 6) is 5.40. The Morgan fingerprint density at radius 3 is 2.33 bits per heavy atom. The number of hydrogen-bond donors (Lipinski definition) is 2. The van der Waals surface area contributed by atoms with Crippen LogP contribution >= 0.6 is 15.9 Å². The van der Waals surface area contributed by atoms with Crippen LogP contribution in [0.4, 0.5) is 5.69 Å². The van der Waals surface area contributed by atoms with Gasteiger partial charge in [-0.25, -0.2) is 0 Å². The van der Waals surface area contributed by atoms with Crippen molar-refractivity contribution in [1.82, 2.24) is 0 Å². The SMILES string of the molecule is Cc1cc(C)c(NN)c(C)c1Br. The first-order chi connectivity index (χ1) is 5.57. The van der Waals surface area contributed by atoms with Gasteiger partial charge >= 0.3 is 0 Å². The Kier molecular flexibility index (Phi) is 2.75. The van der Waals surface area contributed by atoms with Crippen molar-refractivity contribution >= 4 is 21.6 Å². The van der Waals surface area contributed by atoms with Gasteiger partial charge < -0.3 is 5.43 Å². The van der Waals surface area contributed by atoms with Gasteiger partial charge in [-0.15, -0.1) is 0 Å². The van der Waals surface area contributed by atoms with Crippen molar-refractivity contribution in [2.24, 2.45) is 5.84 Å². The Balaban J connectivity index is 3.40. The van der Waals surface area contributed by atoms with Gasteiger partial charge in [0.05, 0.1) is 5.69 Å². The lowest BCUT2D eigenvalue weighted by atomic mass is 10.1. The first-order valence-corrected chi connectivity index (χ1v) is 4.60. The standard InChI is InChI=1S/C9H13BrN2/c1-5-4-6(2)9(12-11)7(3)8(5)10/h4,12H,11H2,1-3H3. The van der Waals surface area contributed by atoms with Crippen LogP contribution in [-0.2, 0) is 0 Å². The molecule has 0 unspecified atom stereocenters. The van der Waals surface area contributed by atoms with Crippen LogP contribution in [0.15, 0.2) is 10.5 Å². The zero-order chi connectivity index (χ0) is 9.30. The lowest BCUT2D eigenvalue weighted by Gasteiger charge is -2.12. The minimum atomic E-state index is 1.01. The molecule has 0 saturated heterocycles. The topological polar surface area (TPSA) is 38.0 Å². The van der Waals surface area contributed by atoms with E-state index in [1.165, 1.54) is 11.1 Å². The fourth-order valence-electron chi connectivity index (χ4n) is 1.38. The van der Waals surface area contributed by atoms with Crippen molar-refractivity contribution in [3.63, 3.8) is 0 Å². The number of benzene rings is 1. The van der Waals surface area contributed by atoms with Crippen molar-refractivity contribution in [3.8, 4) is 0 Å². The van der Waals surface area contributed by atoms with E-state index in [0.29, 0.717) is 0 Å². The molecule has 0 heterocycles. The van der Waals surface area contributed by atoms with Gasteiger partial charge in [0.2, 0.25) is 0 Å². The number of nitrogens with one attached hydrogen (secondary N) is 1. The van der Waals surface area contributed by atoms with E-state index >= 15 is 0 Å². The quantitative estimate of drug-likeness (QED) is 0.573. The molecule has 0 bridgehead atoms. The molecular formula is C9H13BrN2. The van der Waals surface area contributed by atoms with E-state index in [2.05, 4.69) is 34.3 Å². The zero-order valence-electron chi connectivity index (χ0n) is 7.53. The monoisotopic (exact) mass is 228 g/mol. The predicted molar refractivity (Wildman–Crippen MR) is 56.2 cm³/mol. The number of hydrazine groups is 1. The highest BCUT2D eigenvalue weighted by molar-refractivity contribution is 9.10. The van der Waals surface area contributed by atoms with E-state index in [4.69, 9.17) is 5.84 Å². The van der Waals surface area contributed by atoms with Crippen LogP contribution in [-0.4, -0.2) is 0 Å². The second kappa shape index (κ2) is 3.46. The van der Waals surface area contributed by atoms with E-state index in [9.17, 15) is 0 Å². The van der Waals surface area contributed by atoms with Crippen LogP contribution in [0.25, 0.3) is 0 Å². The average Bonchev–Trinajstić information content (AvgIpc) is 2.01. The largest absolute Gasteiger partial charge is 0.324 e. The maximum atomic E-state index is 5.40. The highest BCUT2D eigenvalue weighted by Crippen LogP contribution is 2.29. The molecule has 0 radical (unpaired) electrons. The lowest BCUT2D eigenvalue weighted by molar-refractivity contribution is 1.23. The molecule has 0 amide bonds. The highest BCUT2D eigenvalue weighted by Gasteiger charge is 2.06. The van der Waals surface area contributed by atoms with Gasteiger partial charge in [-0.05, 0) is 37.5 Å². The summed E-state index contributed by atoms with van der Waals surface area (Å²) in [5, 5.41) is 0. The third kappa shape index (κ3) is 1.47. The maximum absolute atomic E-state index is 5.40. The number of aryl methyl sites for hydroxylation is 2. The molecule has 1 aromatic rings. The fraction of sp³-hybridized carbons (Fsp3) is 0.333. The molecule has 0 aliphatic heterocycles. The van der Waals surface area contributed by atoms with E-state index in [1.807, 2.05) is 13.8 Å². The van der Waals surface area contributed by atoms with Crippen molar-refractivity contribution in [2.45, 2.75) is 20.8 Å². The summed E-state index contributed by atoms with van der Waals surface area (Å²) in [6, 6.07) is 2.10. The highest BCUT2D eigenvalue weighted by atomic mass is 79.9. The zero-order valence-corrected chi connectivity index (χ0v) is 9.12. The summed E-state index contributed by atoms with van der Waals surface area (Å²) >= 11 is 3.51. The summed E-state index contributed by atoms with van der Waals surface area (Å²) in [4.78, 5) is 0. The Morgan fingerprint density at radius 1 is 1.25 bits per heavy atom. The molecule has 1 aromatic carbocycles. The number of nitrogen functional groups attached to an aromatic ring is 1. The first-order valence-electron chi connectivity index (χ1n) is 3.81. The van der Waals surface area contributed by atoms with Gasteiger partial charge in [-0.2, -0.15) is 0 Å². The molecule has 3 heteroatoms. The molecular weight excluding hydrogens is 216 g/mol. The third-order valence-corrected chi connectivity index (χ3v) is 3.24. The number of anilines is 1. The minimum Gasteiger partial charge on any atom is -0.324 e. The second-order valence-electron chi connectivity index (χ2n) is 2.97. The molecule has 0 aliphatic rings. The normalized spacial score (nSPS) is 10.1. The smallest absolute Gasteiger partial charge is 0.0554 e. The number of halogens is 1. The van der Waals surface area contributed by atoms with Gasteiger partial charge in [-0.1, -0.05) is 22.0 Å². The van der Waals surface area contributed by atoms with Gasteiger partial charge in [0.25, 0.3) is 0 Å². The molecule has 66 valence electrons. The summed E-state index contributed by atoms with van der Waals surface area (Å²) < 4.78 is 1.13. The van der Waals surface area contributed by atoms with E-state index in [0.717, 1.165) is 15.7 Å². The first kappa shape index (κ1) is 9.55. The average molecular weight is 229 g/mol. The van der Waals surface area contributed by atoms with E-state index in [-0.39, 0.29) is 0 Å². The molecule has 12 heavy (non-hydrogen) atoms. The van der Waals surface area contributed by atoms with Crippen LogP contribution in [0.5, 0.6) is 0 Å². The molecule has 0 spiro atoms. The van der Waals surface area contributed by atoms with Crippen LogP contribution in [0, 0.1) is 20.8 Å². The third-order valence-electron chi connectivity index (χ3n) is 2.02. The number of nitrogens with two attached hydrogens (primary N) is 1. The van der Waals surface area contributed by atoms with Crippen molar-refractivity contribution in [1.29, 1.82) is 0 Å². The Bertz CT molecular complexity index is 308. The van der Waals surface area contributed by atoms with Crippen LogP contribution in [0.2, 0.25) is 0 Å². The lowest BCUT2D eigenvalue weighted by Crippen LogP contribution is -2.10. The number of rotatable bonds is 1. The van der Waals surface area contributed by atoms with Crippen LogP contribution in [0.3, 0.4) is 0 Å². The van der Waals surface area contributed by atoms with Crippen molar-refractivity contribution in [3.05, 3.63) is 27.2 Å². The Hall–Kier alpha value is -0.540. The minimum absolute atomic E-state index is 1.01. The van der Waals surface area contributed by atoms with Gasteiger partial charge in [0, 0.05) is 4.47 Å². The Morgan fingerprint density at radius 2 is 1.83 bits per heavy atom. The van der Waals surface area contributed by atoms with E-state index < -0.39 is 0 Å². The molecule has 3 N–H and O–H groups in total. The van der Waals surface area contributed by atoms with Gasteiger partial charge in [0.15, 0.2) is 0 Å². The summed E-state index contributed by atoms with van der Waals surface area (Å²) in [7, 11) is 0. The van der Waals surface area contributed by atoms with E-state index in [1.54, 1.807) is 0 Å². The summed E-state index contributed by atoms with van der Waals surface area (Å²) in [5.41, 5.74) is 7.29. The van der Waals surface area contributed by atoms with Gasteiger partial charge in [-0.3, -0.25) is 5.84 Å². The van der Waals surface area contributed by atoms with Crippen molar-refractivity contribution < 1.29 is 0 Å². The molecule has 0 atom stereocenters. The molecule has 0 fully saturated rings. The fourth-order valence-corrected chi connectivity index (χ4v) is 1.70. The molecule has 0 aromatic heterocycles. The van der Waals surface area contributed by atoms with Gasteiger partial charge in [0.1, 0.15) is 0 Å². The molecule has 0 saturated carbocycles. The van der Waals surface area contributed by atoms with Crippen LogP contribution in [0.1, 0.15) is 16.7 Å². The van der Waals surface area contributed by atoms with Crippen molar-refractivity contribution in [2.75, 3.05) is 5.43 Å². The number of hydrogen-bond acceptors (Lipinski definition) is 2. The Labute approximate surface area is 81.3 Å². The van der Waals surface area contributed by atoms with Crippen LogP contribution < -0.4 is 11.3 Å². The summed E-state index contributed by atoms with van der Waals surface area (Å²) in [6.07, 6.45) is 0. The maximum Gasteiger partial charge on any atom is 0.0554 e. The summed E-state index contributed by atoms with van der Waals surface area (Å²) in [6.45, 7) is 6.16. The molecule has 1 rings (SSSR count). The predicted octanol–water partition coefficient (Wildman–Crippen LogP) is 2.66. The molecule has 0 aliphatic carbocycles.